The first-order chi connectivity index (χ1) is 6.68. The molecule has 1 atom stereocenters. The van der Waals surface area contributed by atoms with E-state index in [9.17, 15) is 9.59 Å². The Morgan fingerprint density at radius 2 is 1.93 bits per heavy atom. The second-order valence-electron chi connectivity index (χ2n) is 3.27. The summed E-state index contributed by atoms with van der Waals surface area (Å²) < 4.78 is 0. The van der Waals surface area contributed by atoms with E-state index in [0.717, 1.165) is 6.54 Å². The molecular formula is C9H17N3O2. The van der Waals surface area contributed by atoms with E-state index in [4.69, 9.17) is 0 Å². The SMILES string of the molecule is CC.CN1CCN2C(=O)NC(=O)C2C1. The summed E-state index contributed by atoms with van der Waals surface area (Å²) in [5.74, 6) is -0.161. The molecule has 5 heteroatoms. The number of hydrogen-bond donors (Lipinski definition) is 1. The van der Waals surface area contributed by atoms with Crippen LogP contribution in [0.1, 0.15) is 13.8 Å². The second-order valence-corrected chi connectivity index (χ2v) is 3.27. The number of nitrogens with one attached hydrogen (secondary N) is 1. The third-order valence-electron chi connectivity index (χ3n) is 2.38. The maximum atomic E-state index is 11.2. The molecule has 0 spiro atoms. The van der Waals surface area contributed by atoms with Crippen LogP contribution < -0.4 is 5.32 Å². The lowest BCUT2D eigenvalue weighted by molar-refractivity contribution is -0.122. The lowest BCUT2D eigenvalue weighted by Crippen LogP contribution is -2.51. The molecule has 14 heavy (non-hydrogen) atoms. The van der Waals surface area contributed by atoms with Gasteiger partial charge in [0.05, 0.1) is 0 Å². The van der Waals surface area contributed by atoms with E-state index in [2.05, 4.69) is 10.2 Å². The zero-order chi connectivity index (χ0) is 10.7. The van der Waals surface area contributed by atoms with Gasteiger partial charge in [0.25, 0.3) is 5.91 Å². The number of urea groups is 1. The molecular weight excluding hydrogens is 182 g/mol. The van der Waals surface area contributed by atoms with Crippen molar-refractivity contribution in [2.24, 2.45) is 0 Å². The fourth-order valence-corrected chi connectivity index (χ4v) is 1.65. The molecule has 1 N–H and O–H groups in total. The van der Waals surface area contributed by atoms with Gasteiger partial charge in [0.1, 0.15) is 6.04 Å². The Morgan fingerprint density at radius 3 is 2.57 bits per heavy atom. The van der Waals surface area contributed by atoms with Gasteiger partial charge < -0.3 is 9.80 Å². The number of likely N-dealkylation sites (N-methyl/N-ethyl adjacent to an activating group) is 1. The normalized spacial score (nSPS) is 26.5. The Balaban J connectivity index is 0.000000461. The standard InChI is InChI=1S/C7H11N3O2.C2H6/c1-9-2-3-10-5(4-9)6(11)8-7(10)12;1-2/h5H,2-4H2,1H3,(H,8,11,12);1-2H3. The van der Waals surface area contributed by atoms with Gasteiger partial charge in [-0.15, -0.1) is 0 Å². The average molecular weight is 199 g/mol. The molecule has 2 heterocycles. The van der Waals surface area contributed by atoms with Gasteiger partial charge >= 0.3 is 6.03 Å². The lowest BCUT2D eigenvalue weighted by Gasteiger charge is -2.32. The third kappa shape index (κ3) is 1.87. The fraction of sp³-hybridized carbons (Fsp3) is 0.778. The van der Waals surface area contributed by atoms with Gasteiger partial charge in [0.15, 0.2) is 0 Å². The number of rotatable bonds is 0. The molecule has 0 aromatic heterocycles. The van der Waals surface area contributed by atoms with Gasteiger partial charge in [0, 0.05) is 19.6 Å². The van der Waals surface area contributed by atoms with Crippen molar-refractivity contribution in [3.8, 4) is 0 Å². The zero-order valence-electron chi connectivity index (χ0n) is 8.91. The Morgan fingerprint density at radius 1 is 1.29 bits per heavy atom. The molecule has 2 rings (SSSR count). The van der Waals surface area contributed by atoms with Gasteiger partial charge in [-0.3, -0.25) is 10.1 Å². The Labute approximate surface area is 84.0 Å². The van der Waals surface area contributed by atoms with E-state index < -0.39 is 0 Å². The monoisotopic (exact) mass is 199 g/mol. The molecule has 2 aliphatic rings. The Hall–Kier alpha value is -1.10. The quantitative estimate of drug-likeness (QED) is 0.553. The van der Waals surface area contributed by atoms with Crippen molar-refractivity contribution in [3.05, 3.63) is 0 Å². The minimum atomic E-state index is -0.253. The number of fused-ring (bicyclic) bond motifs is 1. The number of piperazine rings is 1. The molecule has 2 fully saturated rings. The average Bonchev–Trinajstić information content (AvgIpc) is 2.46. The summed E-state index contributed by atoms with van der Waals surface area (Å²) >= 11 is 0. The van der Waals surface area contributed by atoms with Gasteiger partial charge in [-0.05, 0) is 7.05 Å². The van der Waals surface area contributed by atoms with Crippen LogP contribution in [0.5, 0.6) is 0 Å². The van der Waals surface area contributed by atoms with Crippen LogP contribution in [0.2, 0.25) is 0 Å². The van der Waals surface area contributed by atoms with Crippen molar-refractivity contribution in [1.82, 2.24) is 15.1 Å². The number of carbonyl (C=O) groups excluding carboxylic acids is 2. The van der Waals surface area contributed by atoms with Crippen molar-refractivity contribution >= 4 is 11.9 Å². The molecule has 0 aromatic rings. The van der Waals surface area contributed by atoms with Crippen LogP contribution in [0, 0.1) is 0 Å². The summed E-state index contributed by atoms with van der Waals surface area (Å²) in [6.07, 6.45) is 0. The van der Waals surface area contributed by atoms with E-state index in [-0.39, 0.29) is 18.0 Å². The van der Waals surface area contributed by atoms with Crippen LogP contribution >= 0.6 is 0 Å². The molecule has 0 aliphatic carbocycles. The first-order valence-corrected chi connectivity index (χ1v) is 4.98. The largest absolute Gasteiger partial charge is 0.324 e. The second kappa shape index (κ2) is 4.41. The van der Waals surface area contributed by atoms with E-state index >= 15 is 0 Å². The highest BCUT2D eigenvalue weighted by molar-refractivity contribution is 6.04. The van der Waals surface area contributed by atoms with Gasteiger partial charge in [-0.2, -0.15) is 0 Å². The molecule has 0 aromatic carbocycles. The highest BCUT2D eigenvalue weighted by Gasteiger charge is 2.40. The van der Waals surface area contributed by atoms with Crippen LogP contribution in [0.3, 0.4) is 0 Å². The summed E-state index contributed by atoms with van der Waals surface area (Å²) in [6.45, 7) is 6.15. The van der Waals surface area contributed by atoms with Crippen molar-refractivity contribution in [3.63, 3.8) is 0 Å². The maximum absolute atomic E-state index is 11.2. The molecule has 2 saturated heterocycles. The summed E-state index contributed by atoms with van der Waals surface area (Å²) in [5.41, 5.74) is 0. The maximum Gasteiger partial charge on any atom is 0.324 e. The van der Waals surface area contributed by atoms with Gasteiger partial charge in [0.2, 0.25) is 0 Å². The number of nitrogens with zero attached hydrogens (tertiary/aromatic N) is 2. The highest BCUT2D eigenvalue weighted by Crippen LogP contribution is 2.13. The molecule has 0 saturated carbocycles. The summed E-state index contributed by atoms with van der Waals surface area (Å²) in [6, 6.07) is -0.491. The molecule has 80 valence electrons. The van der Waals surface area contributed by atoms with E-state index in [1.165, 1.54) is 0 Å². The minimum absolute atomic E-state index is 0.161. The van der Waals surface area contributed by atoms with Gasteiger partial charge in [-0.1, -0.05) is 13.8 Å². The third-order valence-corrected chi connectivity index (χ3v) is 2.38. The highest BCUT2D eigenvalue weighted by atomic mass is 16.2. The van der Waals surface area contributed by atoms with E-state index in [1.54, 1.807) is 4.90 Å². The van der Waals surface area contributed by atoms with E-state index in [0.29, 0.717) is 13.1 Å². The smallest absolute Gasteiger partial charge is 0.310 e. The van der Waals surface area contributed by atoms with Crippen LogP contribution in [0.25, 0.3) is 0 Å². The predicted octanol–water partition coefficient (Wildman–Crippen LogP) is -0.122. The number of amides is 3. The summed E-state index contributed by atoms with van der Waals surface area (Å²) in [7, 11) is 1.95. The topological polar surface area (TPSA) is 52.6 Å². The first kappa shape index (κ1) is 11.0. The molecule has 0 bridgehead atoms. The molecule has 0 radical (unpaired) electrons. The molecule has 3 amide bonds. The van der Waals surface area contributed by atoms with Crippen LogP contribution in [-0.4, -0.2) is 54.5 Å². The van der Waals surface area contributed by atoms with Crippen LogP contribution in [0.4, 0.5) is 4.79 Å². The van der Waals surface area contributed by atoms with Crippen LogP contribution in [-0.2, 0) is 4.79 Å². The van der Waals surface area contributed by atoms with E-state index in [1.807, 2.05) is 20.9 Å². The van der Waals surface area contributed by atoms with Crippen molar-refractivity contribution in [2.75, 3.05) is 26.7 Å². The summed E-state index contributed by atoms with van der Waals surface area (Å²) in [5, 5.41) is 2.30. The summed E-state index contributed by atoms with van der Waals surface area (Å²) in [4.78, 5) is 25.9. The Kier molecular flexibility index (Phi) is 3.46. The zero-order valence-corrected chi connectivity index (χ0v) is 8.91. The number of hydrogen-bond acceptors (Lipinski definition) is 3. The van der Waals surface area contributed by atoms with Crippen molar-refractivity contribution < 1.29 is 9.59 Å². The minimum Gasteiger partial charge on any atom is -0.310 e. The molecule has 2 aliphatic heterocycles. The lowest BCUT2D eigenvalue weighted by atomic mass is 10.2. The predicted molar refractivity (Wildman–Crippen MR) is 52.9 cm³/mol. The Bertz CT molecular complexity index is 242. The number of imide groups is 1. The number of carbonyl (C=O) groups is 2. The van der Waals surface area contributed by atoms with Crippen LogP contribution in [0.15, 0.2) is 0 Å². The van der Waals surface area contributed by atoms with Gasteiger partial charge in [-0.25, -0.2) is 4.79 Å². The molecule has 1 unspecified atom stereocenters. The van der Waals surface area contributed by atoms with Crippen molar-refractivity contribution in [1.29, 1.82) is 0 Å². The van der Waals surface area contributed by atoms with Crippen molar-refractivity contribution in [2.45, 2.75) is 19.9 Å². The first-order valence-electron chi connectivity index (χ1n) is 4.98. The molecule has 5 nitrogen and oxygen atoms in total. The fourth-order valence-electron chi connectivity index (χ4n) is 1.65.